The van der Waals surface area contributed by atoms with Crippen molar-refractivity contribution in [2.75, 3.05) is 19.6 Å². The Morgan fingerprint density at radius 2 is 2.11 bits per heavy atom. The fourth-order valence-corrected chi connectivity index (χ4v) is 2.37. The first kappa shape index (κ1) is 14.3. The van der Waals surface area contributed by atoms with E-state index in [1.807, 2.05) is 4.90 Å². The summed E-state index contributed by atoms with van der Waals surface area (Å²) in [5, 5.41) is 3.48. The van der Waals surface area contributed by atoms with E-state index in [0.717, 1.165) is 25.9 Å². The molecule has 104 valence electrons. The van der Waals surface area contributed by atoms with Crippen LogP contribution in [0.5, 0.6) is 0 Å². The second-order valence-corrected chi connectivity index (χ2v) is 5.19. The van der Waals surface area contributed by atoms with Gasteiger partial charge in [0.15, 0.2) is 0 Å². The Hall–Kier alpha value is -1.13. The third-order valence-electron chi connectivity index (χ3n) is 3.30. The van der Waals surface area contributed by atoms with Crippen molar-refractivity contribution < 1.29 is 9.18 Å². The first-order valence-electron chi connectivity index (χ1n) is 6.59. The average Bonchev–Trinajstić information content (AvgIpc) is 2.90. The predicted octanol–water partition coefficient (Wildman–Crippen LogP) is 2.58. The van der Waals surface area contributed by atoms with Crippen molar-refractivity contribution >= 4 is 17.5 Å². The number of benzene rings is 1. The highest BCUT2D eigenvalue weighted by atomic mass is 35.5. The van der Waals surface area contributed by atoms with Gasteiger partial charge in [-0.3, -0.25) is 4.79 Å². The van der Waals surface area contributed by atoms with Gasteiger partial charge in [0.25, 0.3) is 0 Å². The molecule has 0 aliphatic carbocycles. The fraction of sp³-hybridized carbons (Fsp3) is 0.500. The van der Waals surface area contributed by atoms with Gasteiger partial charge in [0, 0.05) is 43.2 Å². The molecule has 1 aromatic carbocycles. The second-order valence-electron chi connectivity index (χ2n) is 4.75. The lowest BCUT2D eigenvalue weighted by Gasteiger charge is -2.15. The third kappa shape index (κ3) is 4.18. The molecule has 1 fully saturated rings. The van der Waals surface area contributed by atoms with Crippen LogP contribution in [0, 0.1) is 5.82 Å². The lowest BCUT2D eigenvalue weighted by atomic mass is 10.2. The van der Waals surface area contributed by atoms with Crippen molar-refractivity contribution in [1.29, 1.82) is 0 Å². The summed E-state index contributed by atoms with van der Waals surface area (Å²) in [4.78, 5) is 13.7. The SMILES string of the molecule is O=C(CCNCc1ccc(Cl)cc1F)N1CCCC1. The molecule has 0 atom stereocenters. The summed E-state index contributed by atoms with van der Waals surface area (Å²) in [7, 11) is 0. The summed E-state index contributed by atoms with van der Waals surface area (Å²) in [5.41, 5.74) is 0.568. The molecule has 1 amide bonds. The maximum absolute atomic E-state index is 13.5. The fourth-order valence-electron chi connectivity index (χ4n) is 2.21. The molecule has 0 bridgehead atoms. The molecule has 1 aliphatic heterocycles. The Bertz CT molecular complexity index is 447. The Labute approximate surface area is 117 Å². The molecular weight excluding hydrogens is 267 g/mol. The number of hydrogen-bond donors (Lipinski definition) is 1. The van der Waals surface area contributed by atoms with Gasteiger partial charge in [-0.2, -0.15) is 0 Å². The van der Waals surface area contributed by atoms with E-state index in [0.29, 0.717) is 30.1 Å². The van der Waals surface area contributed by atoms with Crippen molar-refractivity contribution in [2.24, 2.45) is 0 Å². The molecule has 19 heavy (non-hydrogen) atoms. The molecular formula is C14H18ClFN2O. The highest BCUT2D eigenvalue weighted by Crippen LogP contribution is 2.14. The van der Waals surface area contributed by atoms with Crippen molar-refractivity contribution in [2.45, 2.75) is 25.8 Å². The summed E-state index contributed by atoms with van der Waals surface area (Å²) in [5.74, 6) is -0.132. The van der Waals surface area contributed by atoms with Gasteiger partial charge in [0.05, 0.1) is 0 Å². The van der Waals surface area contributed by atoms with E-state index >= 15 is 0 Å². The number of amides is 1. The number of carbonyl (C=O) groups is 1. The maximum Gasteiger partial charge on any atom is 0.223 e. The second kappa shape index (κ2) is 6.87. The largest absolute Gasteiger partial charge is 0.343 e. The van der Waals surface area contributed by atoms with E-state index in [2.05, 4.69) is 5.32 Å². The molecule has 5 heteroatoms. The minimum absolute atomic E-state index is 0.182. The van der Waals surface area contributed by atoms with E-state index < -0.39 is 0 Å². The molecule has 1 heterocycles. The van der Waals surface area contributed by atoms with E-state index in [-0.39, 0.29) is 11.7 Å². The zero-order valence-electron chi connectivity index (χ0n) is 10.8. The van der Waals surface area contributed by atoms with E-state index in [4.69, 9.17) is 11.6 Å². The Morgan fingerprint density at radius 3 is 2.79 bits per heavy atom. The first-order valence-corrected chi connectivity index (χ1v) is 6.97. The lowest BCUT2D eigenvalue weighted by Crippen LogP contribution is -2.30. The number of nitrogens with one attached hydrogen (secondary N) is 1. The van der Waals surface area contributed by atoms with Gasteiger partial charge in [-0.15, -0.1) is 0 Å². The van der Waals surface area contributed by atoms with Gasteiger partial charge in [-0.05, 0) is 25.0 Å². The van der Waals surface area contributed by atoms with Crippen LogP contribution in [0.4, 0.5) is 4.39 Å². The quantitative estimate of drug-likeness (QED) is 0.843. The van der Waals surface area contributed by atoms with Crippen LogP contribution in [0.15, 0.2) is 18.2 Å². The van der Waals surface area contributed by atoms with Gasteiger partial charge in [0.2, 0.25) is 5.91 Å². The van der Waals surface area contributed by atoms with Crippen LogP contribution in [0.2, 0.25) is 5.02 Å². The number of carbonyl (C=O) groups excluding carboxylic acids is 1. The van der Waals surface area contributed by atoms with E-state index in [1.54, 1.807) is 12.1 Å². The topological polar surface area (TPSA) is 32.3 Å². The Balaban J connectivity index is 1.70. The van der Waals surface area contributed by atoms with Crippen LogP contribution >= 0.6 is 11.6 Å². The predicted molar refractivity (Wildman–Crippen MR) is 73.5 cm³/mol. The molecule has 0 aromatic heterocycles. The molecule has 0 saturated carbocycles. The molecule has 1 saturated heterocycles. The van der Waals surface area contributed by atoms with Crippen molar-refractivity contribution in [3.8, 4) is 0 Å². The minimum Gasteiger partial charge on any atom is -0.343 e. The third-order valence-corrected chi connectivity index (χ3v) is 3.54. The molecule has 3 nitrogen and oxygen atoms in total. The lowest BCUT2D eigenvalue weighted by molar-refractivity contribution is -0.130. The monoisotopic (exact) mass is 284 g/mol. The van der Waals surface area contributed by atoms with Gasteiger partial charge in [-0.1, -0.05) is 17.7 Å². The summed E-state index contributed by atoms with van der Waals surface area (Å²) < 4.78 is 13.5. The minimum atomic E-state index is -0.314. The highest BCUT2D eigenvalue weighted by Gasteiger charge is 2.16. The highest BCUT2D eigenvalue weighted by molar-refractivity contribution is 6.30. The van der Waals surface area contributed by atoms with E-state index in [9.17, 15) is 9.18 Å². The van der Waals surface area contributed by atoms with Crippen molar-refractivity contribution in [3.63, 3.8) is 0 Å². The van der Waals surface area contributed by atoms with Crippen LogP contribution in [0.25, 0.3) is 0 Å². The zero-order valence-corrected chi connectivity index (χ0v) is 11.5. The van der Waals surface area contributed by atoms with Crippen molar-refractivity contribution in [1.82, 2.24) is 10.2 Å². The van der Waals surface area contributed by atoms with Gasteiger partial charge in [0.1, 0.15) is 5.82 Å². The van der Waals surface area contributed by atoms with Gasteiger partial charge < -0.3 is 10.2 Å². The molecule has 1 aromatic rings. The van der Waals surface area contributed by atoms with E-state index in [1.165, 1.54) is 6.07 Å². The molecule has 1 N–H and O–H groups in total. The van der Waals surface area contributed by atoms with Crippen LogP contribution in [0.3, 0.4) is 0 Å². The van der Waals surface area contributed by atoms with Crippen LogP contribution < -0.4 is 5.32 Å². The molecule has 0 radical (unpaired) electrons. The smallest absolute Gasteiger partial charge is 0.223 e. The summed E-state index contributed by atoms with van der Waals surface area (Å²) in [6.07, 6.45) is 2.68. The average molecular weight is 285 g/mol. The molecule has 2 rings (SSSR count). The number of nitrogens with zero attached hydrogens (tertiary/aromatic N) is 1. The van der Waals surface area contributed by atoms with Crippen LogP contribution in [-0.2, 0) is 11.3 Å². The number of halogens is 2. The summed E-state index contributed by atoms with van der Waals surface area (Å²) >= 11 is 5.68. The summed E-state index contributed by atoms with van der Waals surface area (Å²) in [6, 6.07) is 4.62. The Kier molecular flexibility index (Phi) is 5.16. The van der Waals surface area contributed by atoms with Gasteiger partial charge in [-0.25, -0.2) is 4.39 Å². The number of hydrogen-bond acceptors (Lipinski definition) is 2. The molecule has 1 aliphatic rings. The first-order chi connectivity index (χ1) is 9.16. The number of rotatable bonds is 5. The standard InChI is InChI=1S/C14H18ClFN2O/c15-12-4-3-11(13(16)9-12)10-17-6-5-14(19)18-7-1-2-8-18/h3-4,9,17H,1-2,5-8,10H2. The Morgan fingerprint density at radius 1 is 1.37 bits per heavy atom. The van der Waals surface area contributed by atoms with Gasteiger partial charge >= 0.3 is 0 Å². The van der Waals surface area contributed by atoms with Crippen LogP contribution in [0.1, 0.15) is 24.8 Å². The zero-order chi connectivity index (χ0) is 13.7. The molecule has 0 spiro atoms. The van der Waals surface area contributed by atoms with Crippen LogP contribution in [-0.4, -0.2) is 30.4 Å². The summed E-state index contributed by atoms with van der Waals surface area (Å²) in [6.45, 7) is 2.74. The maximum atomic E-state index is 13.5. The normalized spacial score (nSPS) is 14.9. The van der Waals surface area contributed by atoms with Crippen molar-refractivity contribution in [3.05, 3.63) is 34.6 Å². The number of likely N-dealkylation sites (tertiary alicyclic amines) is 1. The molecule has 0 unspecified atom stereocenters.